The SMILES string of the molecule is Cc1cc(C)cc(S(C)(=O)=NC(=O)c2cncc(C#Cc3ccc(C(F)(F)F)cc3)c2)c1. The maximum atomic E-state index is 13.1. The summed E-state index contributed by atoms with van der Waals surface area (Å²) < 4.78 is 54.9. The molecule has 164 valence electrons. The minimum Gasteiger partial charge on any atom is -0.266 e. The summed E-state index contributed by atoms with van der Waals surface area (Å²) in [4.78, 5) is 17.1. The average molecular weight is 456 g/mol. The first kappa shape index (κ1) is 23.2. The van der Waals surface area contributed by atoms with Crippen LogP contribution in [0.15, 0.2) is 70.2 Å². The van der Waals surface area contributed by atoms with Crippen LogP contribution in [0.1, 0.15) is 38.2 Å². The Morgan fingerprint density at radius 2 is 1.53 bits per heavy atom. The molecule has 0 radical (unpaired) electrons. The fourth-order valence-corrected chi connectivity index (χ4v) is 4.26. The zero-order valence-corrected chi connectivity index (χ0v) is 18.3. The standard InChI is InChI=1S/C24H19F3N2O2S/c1-16-10-17(2)12-22(11-16)32(3,31)29-23(30)20-13-19(14-28-15-20)5-4-18-6-8-21(9-7-18)24(25,26)27/h6-15H,1-3H3. The van der Waals surface area contributed by atoms with Crippen LogP contribution in [0.25, 0.3) is 0 Å². The summed E-state index contributed by atoms with van der Waals surface area (Å²) in [5, 5.41) is 0. The number of aryl methyl sites for hydroxylation is 2. The summed E-state index contributed by atoms with van der Waals surface area (Å²) >= 11 is 0. The van der Waals surface area contributed by atoms with Crippen LogP contribution in [0.4, 0.5) is 13.2 Å². The molecule has 1 amide bonds. The van der Waals surface area contributed by atoms with Crippen molar-refractivity contribution in [1.29, 1.82) is 0 Å². The normalized spacial score (nSPS) is 12.9. The summed E-state index contributed by atoms with van der Waals surface area (Å²) in [6, 6.07) is 11.3. The number of nitrogens with zero attached hydrogens (tertiary/aromatic N) is 2. The lowest BCUT2D eigenvalue weighted by molar-refractivity contribution is -0.137. The molecule has 3 rings (SSSR count). The van der Waals surface area contributed by atoms with Crippen molar-refractivity contribution in [2.45, 2.75) is 24.9 Å². The van der Waals surface area contributed by atoms with Gasteiger partial charge in [-0.05, 0) is 67.4 Å². The molecule has 0 bridgehead atoms. The molecule has 1 aromatic heterocycles. The lowest BCUT2D eigenvalue weighted by atomic mass is 10.1. The maximum absolute atomic E-state index is 13.1. The van der Waals surface area contributed by atoms with Crippen molar-refractivity contribution in [3.8, 4) is 11.8 Å². The number of amides is 1. The third-order valence-corrected chi connectivity index (χ3v) is 6.06. The fraction of sp³-hybridized carbons (Fsp3) is 0.167. The van der Waals surface area contributed by atoms with Crippen molar-refractivity contribution in [2.24, 2.45) is 4.36 Å². The summed E-state index contributed by atoms with van der Waals surface area (Å²) in [6.07, 6.45) is -0.294. The number of alkyl halides is 3. The Kier molecular flexibility index (Phi) is 6.51. The monoisotopic (exact) mass is 456 g/mol. The molecule has 0 saturated heterocycles. The summed E-state index contributed by atoms with van der Waals surface area (Å²) in [5.41, 5.74) is 1.94. The highest BCUT2D eigenvalue weighted by atomic mass is 32.2. The van der Waals surface area contributed by atoms with Gasteiger partial charge in [0.1, 0.15) is 0 Å². The molecule has 4 nitrogen and oxygen atoms in total. The van der Waals surface area contributed by atoms with E-state index in [9.17, 15) is 22.2 Å². The highest BCUT2D eigenvalue weighted by Gasteiger charge is 2.29. The predicted octanol–water partition coefficient (Wildman–Crippen LogP) is 5.41. The summed E-state index contributed by atoms with van der Waals surface area (Å²) in [6.45, 7) is 3.74. The van der Waals surface area contributed by atoms with E-state index in [-0.39, 0.29) is 5.56 Å². The Morgan fingerprint density at radius 3 is 2.12 bits per heavy atom. The molecule has 0 fully saturated rings. The number of benzene rings is 2. The first-order valence-electron chi connectivity index (χ1n) is 9.43. The van der Waals surface area contributed by atoms with Crippen LogP contribution in [0.5, 0.6) is 0 Å². The zero-order chi connectivity index (χ0) is 23.5. The lowest BCUT2D eigenvalue weighted by Gasteiger charge is -2.07. The molecule has 1 atom stereocenters. The smallest absolute Gasteiger partial charge is 0.266 e. The zero-order valence-electron chi connectivity index (χ0n) is 17.5. The molecule has 0 aliphatic heterocycles. The van der Waals surface area contributed by atoms with Gasteiger partial charge >= 0.3 is 6.18 Å². The number of halogens is 3. The second-order valence-electron chi connectivity index (χ2n) is 7.31. The van der Waals surface area contributed by atoms with Crippen molar-refractivity contribution < 1.29 is 22.2 Å². The van der Waals surface area contributed by atoms with Crippen LogP contribution in [0, 0.1) is 25.7 Å². The van der Waals surface area contributed by atoms with Gasteiger partial charge in [-0.1, -0.05) is 17.9 Å². The Morgan fingerprint density at radius 1 is 0.938 bits per heavy atom. The summed E-state index contributed by atoms with van der Waals surface area (Å²) in [5.74, 6) is 4.81. The number of hydrogen-bond acceptors (Lipinski definition) is 3. The van der Waals surface area contributed by atoms with Gasteiger partial charge in [-0.3, -0.25) is 9.78 Å². The second kappa shape index (κ2) is 8.97. The number of aromatic nitrogens is 1. The molecule has 1 heterocycles. The maximum Gasteiger partial charge on any atom is 0.416 e. The average Bonchev–Trinajstić information content (AvgIpc) is 2.71. The van der Waals surface area contributed by atoms with Crippen LogP contribution in [-0.2, 0) is 15.9 Å². The van der Waals surface area contributed by atoms with Gasteiger partial charge < -0.3 is 0 Å². The Hall–Kier alpha value is -3.44. The highest BCUT2D eigenvalue weighted by Crippen LogP contribution is 2.29. The Bertz CT molecular complexity index is 1340. The summed E-state index contributed by atoms with van der Waals surface area (Å²) in [7, 11) is -2.97. The van der Waals surface area contributed by atoms with Crippen molar-refractivity contribution >= 4 is 15.6 Å². The van der Waals surface area contributed by atoms with Gasteiger partial charge in [0.25, 0.3) is 5.91 Å². The Balaban J connectivity index is 1.86. The molecule has 3 aromatic rings. The Labute approximate surface area is 184 Å². The topological polar surface area (TPSA) is 59.4 Å². The van der Waals surface area contributed by atoms with E-state index in [1.54, 1.807) is 12.1 Å². The fourth-order valence-electron chi connectivity index (χ4n) is 2.93. The molecule has 2 aromatic carbocycles. The molecule has 0 N–H and O–H groups in total. The first-order chi connectivity index (χ1) is 14.9. The number of carbonyl (C=O) groups excluding carboxylic acids is 1. The van der Waals surface area contributed by atoms with E-state index in [1.807, 2.05) is 19.9 Å². The van der Waals surface area contributed by atoms with Gasteiger partial charge in [-0.25, -0.2) is 4.21 Å². The van der Waals surface area contributed by atoms with Gasteiger partial charge in [0, 0.05) is 34.7 Å². The third kappa shape index (κ3) is 5.83. The number of hydrogen-bond donors (Lipinski definition) is 0. The minimum absolute atomic E-state index is 0.114. The van der Waals surface area contributed by atoms with Crippen molar-refractivity contribution in [3.63, 3.8) is 0 Å². The quantitative estimate of drug-likeness (QED) is 0.484. The molecular formula is C24H19F3N2O2S. The van der Waals surface area contributed by atoms with Gasteiger partial charge in [-0.2, -0.15) is 17.5 Å². The molecule has 0 spiro atoms. The van der Waals surface area contributed by atoms with E-state index < -0.39 is 27.4 Å². The van der Waals surface area contributed by atoms with Gasteiger partial charge in [0.15, 0.2) is 0 Å². The van der Waals surface area contributed by atoms with E-state index in [1.165, 1.54) is 36.8 Å². The van der Waals surface area contributed by atoms with Gasteiger partial charge in [-0.15, -0.1) is 0 Å². The van der Waals surface area contributed by atoms with E-state index in [0.29, 0.717) is 16.0 Å². The van der Waals surface area contributed by atoms with E-state index >= 15 is 0 Å². The van der Waals surface area contributed by atoms with Gasteiger partial charge in [0.2, 0.25) is 0 Å². The lowest BCUT2D eigenvalue weighted by Crippen LogP contribution is -2.05. The van der Waals surface area contributed by atoms with Gasteiger partial charge in [0.05, 0.1) is 20.9 Å². The number of rotatable bonds is 2. The molecular weight excluding hydrogens is 437 g/mol. The third-order valence-electron chi connectivity index (χ3n) is 4.44. The van der Waals surface area contributed by atoms with Crippen LogP contribution >= 0.6 is 0 Å². The largest absolute Gasteiger partial charge is 0.416 e. The molecule has 0 aliphatic carbocycles. The molecule has 0 aliphatic rings. The van der Waals surface area contributed by atoms with Crippen molar-refractivity contribution in [3.05, 3.63) is 94.3 Å². The van der Waals surface area contributed by atoms with Crippen LogP contribution in [-0.4, -0.2) is 21.4 Å². The predicted molar refractivity (Wildman–Crippen MR) is 117 cm³/mol. The minimum atomic E-state index is -4.41. The van der Waals surface area contributed by atoms with E-state index in [2.05, 4.69) is 21.2 Å². The molecule has 1 unspecified atom stereocenters. The number of carbonyl (C=O) groups is 1. The molecule has 0 saturated carbocycles. The van der Waals surface area contributed by atoms with Crippen molar-refractivity contribution in [2.75, 3.05) is 6.26 Å². The number of pyridine rings is 1. The van der Waals surface area contributed by atoms with Crippen LogP contribution < -0.4 is 0 Å². The van der Waals surface area contributed by atoms with Crippen molar-refractivity contribution in [1.82, 2.24) is 4.98 Å². The molecule has 8 heteroatoms. The molecule has 32 heavy (non-hydrogen) atoms. The van der Waals surface area contributed by atoms with E-state index in [0.717, 1.165) is 23.3 Å². The van der Waals surface area contributed by atoms with Crippen LogP contribution in [0.3, 0.4) is 0 Å². The first-order valence-corrected chi connectivity index (χ1v) is 11.4. The highest BCUT2D eigenvalue weighted by molar-refractivity contribution is 7.93. The second-order valence-corrected chi connectivity index (χ2v) is 9.57. The van der Waals surface area contributed by atoms with E-state index in [4.69, 9.17) is 0 Å². The van der Waals surface area contributed by atoms with Crippen LogP contribution in [0.2, 0.25) is 0 Å².